The van der Waals surface area contributed by atoms with Gasteiger partial charge < -0.3 is 0 Å². The fourth-order valence-electron chi connectivity index (χ4n) is 3.15. The lowest BCUT2D eigenvalue weighted by Crippen LogP contribution is -2.37. The molecule has 0 aromatic heterocycles. The minimum absolute atomic E-state index is 0.855. The van der Waals surface area contributed by atoms with E-state index >= 15 is 0 Å². The van der Waals surface area contributed by atoms with Gasteiger partial charge in [0.05, 0.1) is 8.07 Å². The molecule has 0 radical (unpaired) electrons. The molecule has 1 saturated heterocycles. The van der Waals surface area contributed by atoms with Crippen molar-refractivity contribution < 1.29 is 0 Å². The van der Waals surface area contributed by atoms with Crippen molar-refractivity contribution in [1.29, 1.82) is 0 Å². The molecule has 1 heterocycles. The summed E-state index contributed by atoms with van der Waals surface area (Å²) < 4.78 is 0. The molecule has 0 atom stereocenters. The smallest absolute Gasteiger partial charge is 0.0775 e. The fraction of sp³-hybridized carbons (Fsp3) is 0.667. The van der Waals surface area contributed by atoms with Gasteiger partial charge in [-0.25, -0.2) is 0 Å². The highest BCUT2D eigenvalue weighted by Gasteiger charge is 2.21. The normalized spacial score (nSPS) is 18.7. The second kappa shape index (κ2) is 6.44. The van der Waals surface area contributed by atoms with Crippen molar-refractivity contribution in [2.75, 3.05) is 13.1 Å². The first-order valence-electron chi connectivity index (χ1n) is 8.18. The lowest BCUT2D eigenvalue weighted by atomic mass is 9.86. The Morgan fingerprint density at radius 3 is 2.05 bits per heavy atom. The van der Waals surface area contributed by atoms with Crippen LogP contribution in [0.3, 0.4) is 0 Å². The Kier molecular flexibility index (Phi) is 5.08. The maximum absolute atomic E-state index is 2.63. The number of nitrogens with zero attached hydrogens (tertiary/aromatic N) is 1. The molecule has 0 saturated carbocycles. The van der Waals surface area contributed by atoms with E-state index < -0.39 is 8.07 Å². The Bertz CT molecular complexity index is 408. The summed E-state index contributed by atoms with van der Waals surface area (Å²) in [7, 11) is -1.14. The molecule has 20 heavy (non-hydrogen) atoms. The Labute approximate surface area is 126 Å². The second-order valence-corrected chi connectivity index (χ2v) is 12.9. The third-order valence-corrected chi connectivity index (χ3v) is 6.87. The third-order valence-electron chi connectivity index (χ3n) is 4.80. The summed E-state index contributed by atoms with van der Waals surface area (Å²) in [6.45, 7) is 15.7. The van der Waals surface area contributed by atoms with Crippen LogP contribution in [0.15, 0.2) is 24.3 Å². The summed E-state index contributed by atoms with van der Waals surface area (Å²) in [5, 5.41) is 1.57. The Morgan fingerprint density at radius 1 is 1.05 bits per heavy atom. The van der Waals surface area contributed by atoms with E-state index in [1.54, 1.807) is 5.19 Å². The molecule has 1 aliphatic rings. The number of piperidine rings is 1. The molecule has 2 rings (SSSR count). The molecular weight excluding hydrogens is 258 g/mol. The van der Waals surface area contributed by atoms with Gasteiger partial charge in [0.2, 0.25) is 0 Å². The Morgan fingerprint density at radius 2 is 1.60 bits per heavy atom. The second-order valence-electron chi connectivity index (χ2n) is 7.80. The number of rotatable bonds is 4. The van der Waals surface area contributed by atoms with Crippen LogP contribution >= 0.6 is 0 Å². The molecule has 0 N–H and O–H groups in total. The molecule has 0 bridgehead atoms. The standard InChI is InChI=1S/C18H31NSi/c1-15(2)17-10-12-19(13-11-17)14-16-6-8-18(9-7-16)20(3,4)5/h6-9,15,17H,10-14H2,1-5H3. The van der Waals surface area contributed by atoms with Crippen LogP contribution < -0.4 is 5.19 Å². The van der Waals surface area contributed by atoms with Crippen LogP contribution in [0, 0.1) is 11.8 Å². The first kappa shape index (κ1) is 15.8. The van der Waals surface area contributed by atoms with Crippen LogP contribution in [-0.4, -0.2) is 26.1 Å². The quantitative estimate of drug-likeness (QED) is 0.754. The summed E-state index contributed by atoms with van der Waals surface area (Å²) >= 11 is 0. The van der Waals surface area contributed by atoms with E-state index in [4.69, 9.17) is 0 Å². The van der Waals surface area contributed by atoms with Crippen LogP contribution in [0.4, 0.5) is 0 Å². The van der Waals surface area contributed by atoms with E-state index in [2.05, 4.69) is 62.7 Å². The minimum atomic E-state index is -1.14. The van der Waals surface area contributed by atoms with Crippen LogP contribution in [0.2, 0.25) is 19.6 Å². The Hall–Kier alpha value is -0.603. The highest BCUT2D eigenvalue weighted by Crippen LogP contribution is 2.25. The summed E-state index contributed by atoms with van der Waals surface area (Å²) in [6, 6.07) is 9.43. The molecule has 2 heteroatoms. The van der Waals surface area contributed by atoms with E-state index in [0.29, 0.717) is 0 Å². The summed E-state index contributed by atoms with van der Waals surface area (Å²) in [6.07, 6.45) is 2.76. The van der Waals surface area contributed by atoms with Gasteiger partial charge in [0.25, 0.3) is 0 Å². The average molecular weight is 290 g/mol. The lowest BCUT2D eigenvalue weighted by Gasteiger charge is -2.34. The molecule has 1 aromatic rings. The van der Waals surface area contributed by atoms with Gasteiger partial charge in [-0.15, -0.1) is 0 Å². The van der Waals surface area contributed by atoms with E-state index in [1.165, 1.54) is 31.5 Å². The lowest BCUT2D eigenvalue weighted by molar-refractivity contribution is 0.152. The third kappa shape index (κ3) is 4.19. The molecule has 0 unspecified atom stereocenters. The number of benzene rings is 1. The van der Waals surface area contributed by atoms with Crippen LogP contribution in [0.5, 0.6) is 0 Å². The van der Waals surface area contributed by atoms with Crippen molar-refractivity contribution in [3.05, 3.63) is 29.8 Å². The summed E-state index contributed by atoms with van der Waals surface area (Å²) in [5.74, 6) is 1.80. The molecule has 1 aliphatic heterocycles. The van der Waals surface area contributed by atoms with Gasteiger partial charge in [-0.3, -0.25) is 4.90 Å². The monoisotopic (exact) mass is 289 g/mol. The molecule has 0 spiro atoms. The van der Waals surface area contributed by atoms with Crippen LogP contribution in [0.1, 0.15) is 32.3 Å². The highest BCUT2D eigenvalue weighted by molar-refractivity contribution is 6.88. The van der Waals surface area contributed by atoms with Gasteiger partial charge in [-0.05, 0) is 43.3 Å². The number of hydrogen-bond acceptors (Lipinski definition) is 1. The summed E-state index contributed by atoms with van der Waals surface area (Å²) in [4.78, 5) is 2.63. The molecule has 0 aliphatic carbocycles. The minimum Gasteiger partial charge on any atom is -0.299 e. The Balaban J connectivity index is 1.89. The van der Waals surface area contributed by atoms with E-state index in [0.717, 1.165) is 18.4 Å². The van der Waals surface area contributed by atoms with Crippen molar-refractivity contribution in [3.8, 4) is 0 Å². The average Bonchev–Trinajstić information content (AvgIpc) is 2.39. The molecule has 112 valence electrons. The van der Waals surface area contributed by atoms with Gasteiger partial charge in [0.1, 0.15) is 0 Å². The summed E-state index contributed by atoms with van der Waals surface area (Å²) in [5.41, 5.74) is 1.48. The number of hydrogen-bond donors (Lipinski definition) is 0. The fourth-order valence-corrected chi connectivity index (χ4v) is 4.31. The van der Waals surface area contributed by atoms with E-state index in [1.807, 2.05) is 0 Å². The zero-order valence-corrected chi connectivity index (χ0v) is 14.9. The van der Waals surface area contributed by atoms with Crippen LogP contribution in [0.25, 0.3) is 0 Å². The maximum Gasteiger partial charge on any atom is 0.0775 e. The first-order valence-corrected chi connectivity index (χ1v) is 11.7. The maximum atomic E-state index is 2.63. The van der Waals surface area contributed by atoms with Gasteiger partial charge in [-0.2, -0.15) is 0 Å². The van der Waals surface area contributed by atoms with Gasteiger partial charge in [0, 0.05) is 6.54 Å². The zero-order chi connectivity index (χ0) is 14.8. The molecule has 1 nitrogen and oxygen atoms in total. The van der Waals surface area contributed by atoms with Crippen molar-refractivity contribution in [1.82, 2.24) is 4.90 Å². The van der Waals surface area contributed by atoms with Crippen molar-refractivity contribution in [2.24, 2.45) is 11.8 Å². The number of likely N-dealkylation sites (tertiary alicyclic amines) is 1. The molecule has 0 amide bonds. The van der Waals surface area contributed by atoms with Crippen molar-refractivity contribution >= 4 is 13.3 Å². The zero-order valence-electron chi connectivity index (χ0n) is 13.9. The van der Waals surface area contributed by atoms with Gasteiger partial charge in [0.15, 0.2) is 0 Å². The first-order chi connectivity index (χ1) is 9.36. The van der Waals surface area contributed by atoms with Crippen molar-refractivity contribution in [2.45, 2.75) is 52.9 Å². The molecule has 1 fully saturated rings. The van der Waals surface area contributed by atoms with Gasteiger partial charge >= 0.3 is 0 Å². The topological polar surface area (TPSA) is 3.24 Å². The molecular formula is C18H31NSi. The molecule has 1 aromatic carbocycles. The SMILES string of the molecule is CC(C)C1CCN(Cc2ccc([Si](C)(C)C)cc2)CC1. The van der Waals surface area contributed by atoms with Crippen molar-refractivity contribution in [3.63, 3.8) is 0 Å². The van der Waals surface area contributed by atoms with E-state index in [9.17, 15) is 0 Å². The largest absolute Gasteiger partial charge is 0.299 e. The van der Waals surface area contributed by atoms with Gasteiger partial charge in [-0.1, -0.05) is 62.9 Å². The predicted molar refractivity (Wildman–Crippen MR) is 92.3 cm³/mol. The highest BCUT2D eigenvalue weighted by atomic mass is 28.3. The van der Waals surface area contributed by atoms with Crippen LogP contribution in [-0.2, 0) is 6.54 Å². The van der Waals surface area contributed by atoms with E-state index in [-0.39, 0.29) is 0 Å². The predicted octanol–water partition coefficient (Wildman–Crippen LogP) is 4.10.